The minimum Gasteiger partial charge on any atom is -0.410 e. The van der Waals surface area contributed by atoms with E-state index in [4.69, 9.17) is 10.1 Å². The lowest BCUT2D eigenvalue weighted by Crippen LogP contribution is -2.34. The second kappa shape index (κ2) is 6.84. The van der Waals surface area contributed by atoms with E-state index in [0.717, 1.165) is 0 Å². The molecule has 5 heteroatoms. The van der Waals surface area contributed by atoms with Crippen molar-refractivity contribution >= 4 is 17.7 Å². The fraction of sp³-hybridized carbons (Fsp3) is 0.400. The van der Waals surface area contributed by atoms with Gasteiger partial charge in [-0.1, -0.05) is 39.0 Å². The minimum absolute atomic E-state index is 0.0537. The maximum Gasteiger partial charge on any atom is 0.419 e. The van der Waals surface area contributed by atoms with Crippen molar-refractivity contribution < 1.29 is 14.3 Å². The van der Waals surface area contributed by atoms with E-state index in [2.05, 4.69) is 5.32 Å². The van der Waals surface area contributed by atoms with Crippen molar-refractivity contribution in [3.63, 3.8) is 0 Å². The maximum absolute atomic E-state index is 11.6. The van der Waals surface area contributed by atoms with Crippen LogP contribution in [0, 0.1) is 10.8 Å². The monoisotopic (exact) mass is 276 g/mol. The molecule has 1 aromatic rings. The summed E-state index contributed by atoms with van der Waals surface area (Å²) < 4.78 is 4.93. The lowest BCUT2D eigenvalue weighted by Gasteiger charge is -2.18. The van der Waals surface area contributed by atoms with Gasteiger partial charge in [0.2, 0.25) is 5.91 Å². The molecule has 0 saturated carbocycles. The van der Waals surface area contributed by atoms with Crippen molar-refractivity contribution in [2.24, 2.45) is 5.41 Å². The molecular formula is C15H20N2O3. The van der Waals surface area contributed by atoms with Crippen LogP contribution < -0.4 is 10.1 Å². The molecule has 1 aromatic carbocycles. The predicted molar refractivity (Wildman–Crippen MR) is 77.0 cm³/mol. The standard InChI is InChI=1S/C15H20N2O3/c1-15(2,3)10-11(16)9-13(18)17-14(19)20-12-7-5-4-6-8-12/h4-8,16H,9-10H2,1-3H3,(H,17,18,19). The van der Waals surface area contributed by atoms with Crippen LogP contribution in [0.4, 0.5) is 4.79 Å². The number of imide groups is 1. The van der Waals surface area contributed by atoms with Gasteiger partial charge in [-0.3, -0.25) is 10.1 Å². The Balaban J connectivity index is 2.39. The Bertz CT molecular complexity index is 490. The fourth-order valence-corrected chi connectivity index (χ4v) is 1.68. The number of nitrogens with one attached hydrogen (secondary N) is 2. The largest absolute Gasteiger partial charge is 0.419 e. The quantitative estimate of drug-likeness (QED) is 0.829. The summed E-state index contributed by atoms with van der Waals surface area (Å²) in [6, 6.07) is 8.48. The van der Waals surface area contributed by atoms with E-state index in [9.17, 15) is 9.59 Å². The highest BCUT2D eigenvalue weighted by Gasteiger charge is 2.17. The smallest absolute Gasteiger partial charge is 0.410 e. The highest BCUT2D eigenvalue weighted by Crippen LogP contribution is 2.19. The van der Waals surface area contributed by atoms with E-state index in [1.165, 1.54) is 0 Å². The van der Waals surface area contributed by atoms with Gasteiger partial charge in [0, 0.05) is 5.71 Å². The van der Waals surface area contributed by atoms with Crippen LogP contribution in [0.2, 0.25) is 0 Å². The van der Waals surface area contributed by atoms with Crippen molar-refractivity contribution in [2.45, 2.75) is 33.6 Å². The molecule has 0 saturated heterocycles. The normalized spacial score (nSPS) is 10.8. The summed E-state index contributed by atoms with van der Waals surface area (Å²) in [5.41, 5.74) is 0.240. The zero-order chi connectivity index (χ0) is 15.2. The molecule has 0 aliphatic heterocycles. The number of amides is 2. The molecular weight excluding hydrogens is 256 g/mol. The molecule has 0 aliphatic rings. The van der Waals surface area contributed by atoms with Crippen LogP contribution in [0.25, 0.3) is 0 Å². The first-order valence-electron chi connectivity index (χ1n) is 6.39. The Kier molecular flexibility index (Phi) is 5.43. The lowest BCUT2D eigenvalue weighted by molar-refractivity contribution is -0.119. The molecule has 0 spiro atoms. The second-order valence-corrected chi connectivity index (χ2v) is 5.77. The SMILES string of the molecule is CC(C)(C)CC(=N)CC(=O)NC(=O)Oc1ccccc1. The second-order valence-electron chi connectivity index (χ2n) is 5.77. The Morgan fingerprint density at radius 2 is 1.80 bits per heavy atom. The molecule has 1 rings (SSSR count). The summed E-state index contributed by atoms with van der Waals surface area (Å²) >= 11 is 0. The van der Waals surface area contributed by atoms with Crippen LogP contribution in [0.1, 0.15) is 33.6 Å². The third-order valence-corrected chi connectivity index (χ3v) is 2.31. The first-order valence-corrected chi connectivity index (χ1v) is 6.39. The highest BCUT2D eigenvalue weighted by atomic mass is 16.6. The van der Waals surface area contributed by atoms with Crippen molar-refractivity contribution in [1.29, 1.82) is 5.41 Å². The van der Waals surface area contributed by atoms with Gasteiger partial charge in [0.15, 0.2) is 0 Å². The van der Waals surface area contributed by atoms with Gasteiger partial charge in [-0.25, -0.2) is 4.79 Å². The maximum atomic E-state index is 11.6. The van der Waals surface area contributed by atoms with Crippen LogP contribution in [0.15, 0.2) is 30.3 Å². The minimum atomic E-state index is -0.829. The van der Waals surface area contributed by atoms with E-state index >= 15 is 0 Å². The molecule has 0 fully saturated rings. The van der Waals surface area contributed by atoms with Crippen LogP contribution in [-0.4, -0.2) is 17.7 Å². The summed E-state index contributed by atoms with van der Waals surface area (Å²) in [6.07, 6.45) is -0.417. The Morgan fingerprint density at radius 1 is 1.20 bits per heavy atom. The molecule has 2 amide bonds. The molecule has 0 atom stereocenters. The number of rotatable bonds is 4. The molecule has 0 aromatic heterocycles. The van der Waals surface area contributed by atoms with E-state index in [0.29, 0.717) is 17.9 Å². The molecule has 0 unspecified atom stereocenters. The van der Waals surface area contributed by atoms with Crippen LogP contribution in [0.3, 0.4) is 0 Å². The zero-order valence-corrected chi connectivity index (χ0v) is 12.0. The number of carbonyl (C=O) groups excluding carboxylic acids is 2. The average molecular weight is 276 g/mol. The average Bonchev–Trinajstić information content (AvgIpc) is 2.26. The summed E-state index contributed by atoms with van der Waals surface area (Å²) in [6.45, 7) is 5.97. The molecule has 5 nitrogen and oxygen atoms in total. The molecule has 20 heavy (non-hydrogen) atoms. The van der Waals surface area contributed by atoms with Crippen molar-refractivity contribution in [3.8, 4) is 5.75 Å². The number of hydrogen-bond donors (Lipinski definition) is 2. The van der Waals surface area contributed by atoms with Crippen LogP contribution >= 0.6 is 0 Å². The third kappa shape index (κ3) is 6.68. The van der Waals surface area contributed by atoms with Gasteiger partial charge >= 0.3 is 6.09 Å². The number of hydrogen-bond acceptors (Lipinski definition) is 4. The van der Waals surface area contributed by atoms with Gasteiger partial charge in [0.25, 0.3) is 0 Å². The first kappa shape index (κ1) is 15.9. The van der Waals surface area contributed by atoms with Gasteiger partial charge < -0.3 is 10.1 Å². The summed E-state index contributed by atoms with van der Waals surface area (Å²) in [5, 5.41) is 9.83. The summed E-state index contributed by atoms with van der Waals surface area (Å²) in [7, 11) is 0. The van der Waals surface area contributed by atoms with Crippen molar-refractivity contribution in [2.75, 3.05) is 0 Å². The van der Waals surface area contributed by atoms with Crippen LogP contribution in [-0.2, 0) is 4.79 Å². The number of carbonyl (C=O) groups is 2. The predicted octanol–water partition coefficient (Wildman–Crippen LogP) is 3.15. The number of benzene rings is 1. The van der Waals surface area contributed by atoms with E-state index in [-0.39, 0.29) is 11.8 Å². The van der Waals surface area contributed by atoms with Gasteiger partial charge in [-0.2, -0.15) is 0 Å². The molecule has 0 bridgehead atoms. The Labute approximate surface area is 118 Å². The van der Waals surface area contributed by atoms with Gasteiger partial charge in [-0.05, 0) is 24.0 Å². The van der Waals surface area contributed by atoms with E-state index < -0.39 is 12.0 Å². The first-order chi connectivity index (χ1) is 9.26. The molecule has 0 heterocycles. The molecule has 0 radical (unpaired) electrons. The zero-order valence-electron chi connectivity index (χ0n) is 12.0. The van der Waals surface area contributed by atoms with E-state index in [1.54, 1.807) is 30.3 Å². The molecule has 108 valence electrons. The van der Waals surface area contributed by atoms with Gasteiger partial charge in [0.1, 0.15) is 5.75 Å². The van der Waals surface area contributed by atoms with Crippen molar-refractivity contribution in [1.82, 2.24) is 5.32 Å². The molecule has 2 N–H and O–H groups in total. The van der Waals surface area contributed by atoms with Gasteiger partial charge in [0.05, 0.1) is 6.42 Å². The topological polar surface area (TPSA) is 79.3 Å². The summed E-state index contributed by atoms with van der Waals surface area (Å²) in [5.74, 6) is -0.164. The van der Waals surface area contributed by atoms with E-state index in [1.807, 2.05) is 20.8 Å². The number of para-hydroxylation sites is 1. The van der Waals surface area contributed by atoms with Crippen molar-refractivity contribution in [3.05, 3.63) is 30.3 Å². The summed E-state index contributed by atoms with van der Waals surface area (Å²) in [4.78, 5) is 23.1. The fourth-order valence-electron chi connectivity index (χ4n) is 1.68. The van der Waals surface area contributed by atoms with Crippen LogP contribution in [0.5, 0.6) is 5.75 Å². The highest BCUT2D eigenvalue weighted by molar-refractivity contribution is 6.04. The Morgan fingerprint density at radius 3 is 2.35 bits per heavy atom. The third-order valence-electron chi connectivity index (χ3n) is 2.31. The Hall–Kier alpha value is -2.17. The molecule has 0 aliphatic carbocycles. The van der Waals surface area contributed by atoms with Gasteiger partial charge in [-0.15, -0.1) is 0 Å². The lowest BCUT2D eigenvalue weighted by atomic mass is 9.89. The number of ether oxygens (including phenoxy) is 1.